The summed E-state index contributed by atoms with van der Waals surface area (Å²) >= 11 is 0. The van der Waals surface area contributed by atoms with Crippen molar-refractivity contribution >= 4 is 17.8 Å². The van der Waals surface area contributed by atoms with Gasteiger partial charge in [-0.15, -0.1) is 0 Å². The van der Waals surface area contributed by atoms with Gasteiger partial charge in [0.15, 0.2) is 0 Å². The quantitative estimate of drug-likeness (QED) is 0.828. The highest BCUT2D eigenvalue weighted by Crippen LogP contribution is 2.32. The molecule has 7 heteroatoms. The van der Waals surface area contributed by atoms with Crippen molar-refractivity contribution in [1.82, 2.24) is 15.2 Å². The Morgan fingerprint density at radius 1 is 1.39 bits per heavy atom. The number of nitrogens with one attached hydrogen (secondary N) is 1. The number of amides is 3. The monoisotopic (exact) mass is 313 g/mol. The Bertz CT molecular complexity index is 724. The Morgan fingerprint density at radius 3 is 2.74 bits per heavy atom. The molecule has 0 aromatic carbocycles. The minimum absolute atomic E-state index is 0.168. The minimum atomic E-state index is -0.874. The molecule has 2 aliphatic rings. The molecule has 120 valence electrons. The van der Waals surface area contributed by atoms with Crippen molar-refractivity contribution in [2.75, 3.05) is 18.0 Å². The lowest BCUT2D eigenvalue weighted by atomic mass is 9.98. The third-order valence-corrected chi connectivity index (χ3v) is 4.49. The number of urea groups is 1. The maximum Gasteiger partial charge on any atom is 0.325 e. The molecule has 0 bridgehead atoms. The largest absolute Gasteiger partial charge is 0.354 e. The van der Waals surface area contributed by atoms with E-state index in [1.54, 1.807) is 0 Å². The van der Waals surface area contributed by atoms with E-state index in [0.29, 0.717) is 31.0 Å². The highest BCUT2D eigenvalue weighted by Gasteiger charge is 2.55. The highest BCUT2D eigenvalue weighted by molar-refractivity contribution is 6.08. The first-order valence-corrected chi connectivity index (χ1v) is 7.66. The normalized spacial score (nSPS) is 23.8. The summed E-state index contributed by atoms with van der Waals surface area (Å²) in [6, 6.07) is 5.27. The Labute approximate surface area is 134 Å². The van der Waals surface area contributed by atoms with Crippen molar-refractivity contribution in [1.29, 1.82) is 5.26 Å². The van der Waals surface area contributed by atoms with Gasteiger partial charge in [-0.25, -0.2) is 9.78 Å². The van der Waals surface area contributed by atoms with E-state index in [2.05, 4.69) is 16.4 Å². The van der Waals surface area contributed by atoms with E-state index >= 15 is 0 Å². The van der Waals surface area contributed by atoms with Gasteiger partial charge >= 0.3 is 6.03 Å². The molecular formula is C16H19N5O2. The van der Waals surface area contributed by atoms with Crippen molar-refractivity contribution in [2.24, 2.45) is 0 Å². The third kappa shape index (κ3) is 2.31. The van der Waals surface area contributed by atoms with Gasteiger partial charge in [0.2, 0.25) is 0 Å². The number of aryl methyl sites for hydroxylation is 1. The van der Waals surface area contributed by atoms with E-state index in [9.17, 15) is 9.59 Å². The van der Waals surface area contributed by atoms with E-state index < -0.39 is 5.54 Å². The van der Waals surface area contributed by atoms with Crippen LogP contribution < -0.4 is 10.2 Å². The molecule has 1 spiro atoms. The van der Waals surface area contributed by atoms with Crippen molar-refractivity contribution in [3.8, 4) is 6.07 Å². The van der Waals surface area contributed by atoms with Crippen LogP contribution in [0, 0.1) is 18.3 Å². The van der Waals surface area contributed by atoms with Crippen LogP contribution in [0.3, 0.4) is 0 Å². The number of carbonyl (C=O) groups excluding carboxylic acids is 2. The van der Waals surface area contributed by atoms with Crippen LogP contribution in [-0.2, 0) is 4.79 Å². The molecule has 1 N–H and O–H groups in total. The van der Waals surface area contributed by atoms with E-state index in [1.165, 1.54) is 4.90 Å². The van der Waals surface area contributed by atoms with Crippen LogP contribution >= 0.6 is 0 Å². The summed E-state index contributed by atoms with van der Waals surface area (Å²) in [5, 5.41) is 12.0. The molecule has 3 amide bonds. The van der Waals surface area contributed by atoms with Crippen LogP contribution in [-0.4, -0.2) is 46.5 Å². The fraction of sp³-hybridized carbons (Fsp3) is 0.500. The van der Waals surface area contributed by atoms with Gasteiger partial charge in [-0.2, -0.15) is 5.26 Å². The zero-order chi connectivity index (χ0) is 16.8. The topological polar surface area (TPSA) is 89.3 Å². The maximum absolute atomic E-state index is 12.7. The molecule has 2 fully saturated rings. The number of carbonyl (C=O) groups is 2. The number of hydrogen-bond donors (Lipinski definition) is 1. The van der Waals surface area contributed by atoms with Crippen LogP contribution in [0.1, 0.15) is 31.5 Å². The van der Waals surface area contributed by atoms with Gasteiger partial charge in [0, 0.05) is 12.6 Å². The van der Waals surface area contributed by atoms with Crippen molar-refractivity contribution < 1.29 is 9.59 Å². The molecule has 2 saturated heterocycles. The molecular weight excluding hydrogens is 294 g/mol. The molecule has 3 heterocycles. The summed E-state index contributed by atoms with van der Waals surface area (Å²) in [5.74, 6) is 0.488. The fourth-order valence-electron chi connectivity index (χ4n) is 3.20. The number of hydrogen-bond acceptors (Lipinski definition) is 5. The predicted octanol–water partition coefficient (Wildman–Crippen LogP) is 1.17. The molecule has 0 radical (unpaired) electrons. The highest BCUT2D eigenvalue weighted by atomic mass is 16.2. The fourth-order valence-corrected chi connectivity index (χ4v) is 3.20. The Kier molecular flexibility index (Phi) is 3.48. The number of nitrogens with zero attached hydrogens (tertiary/aromatic N) is 4. The summed E-state index contributed by atoms with van der Waals surface area (Å²) in [6.45, 7) is 6.47. The number of nitriles is 1. The molecule has 0 saturated carbocycles. The van der Waals surface area contributed by atoms with Crippen LogP contribution in [0.15, 0.2) is 12.1 Å². The van der Waals surface area contributed by atoms with Crippen LogP contribution in [0.5, 0.6) is 0 Å². The smallest absolute Gasteiger partial charge is 0.325 e. The summed E-state index contributed by atoms with van der Waals surface area (Å²) in [5.41, 5.74) is 0.330. The van der Waals surface area contributed by atoms with Gasteiger partial charge in [0.05, 0.1) is 6.54 Å². The first-order chi connectivity index (χ1) is 10.9. The van der Waals surface area contributed by atoms with E-state index in [0.717, 1.165) is 5.56 Å². The maximum atomic E-state index is 12.7. The van der Waals surface area contributed by atoms with Gasteiger partial charge in [0.1, 0.15) is 23.1 Å². The first-order valence-electron chi connectivity index (χ1n) is 7.66. The predicted molar refractivity (Wildman–Crippen MR) is 83.8 cm³/mol. The molecule has 7 nitrogen and oxygen atoms in total. The molecule has 0 aliphatic carbocycles. The van der Waals surface area contributed by atoms with E-state index in [-0.39, 0.29) is 18.0 Å². The second-order valence-corrected chi connectivity index (χ2v) is 6.40. The number of anilines is 1. The summed E-state index contributed by atoms with van der Waals surface area (Å²) in [7, 11) is 0. The van der Waals surface area contributed by atoms with Gasteiger partial charge in [-0.05, 0) is 38.8 Å². The molecule has 1 unspecified atom stereocenters. The molecule has 23 heavy (non-hydrogen) atoms. The molecule has 3 rings (SSSR count). The lowest BCUT2D eigenvalue weighted by molar-refractivity contribution is -0.131. The molecule has 1 atom stereocenters. The number of rotatable bonds is 2. The van der Waals surface area contributed by atoms with Crippen LogP contribution in [0.4, 0.5) is 10.6 Å². The lowest BCUT2D eigenvalue weighted by Gasteiger charge is -2.23. The van der Waals surface area contributed by atoms with E-state index in [1.807, 2.05) is 37.8 Å². The SMILES string of the molecule is Cc1ccc(N2CCC3(C2)NC(=O)N(C(C)C)C3=O)nc1C#N. The molecule has 1 aromatic rings. The summed E-state index contributed by atoms with van der Waals surface area (Å²) < 4.78 is 0. The molecule has 1 aromatic heterocycles. The summed E-state index contributed by atoms with van der Waals surface area (Å²) in [6.07, 6.45) is 0.540. The third-order valence-electron chi connectivity index (χ3n) is 4.49. The second-order valence-electron chi connectivity index (χ2n) is 6.40. The van der Waals surface area contributed by atoms with Crippen LogP contribution in [0.25, 0.3) is 0 Å². The molecule has 2 aliphatic heterocycles. The number of imide groups is 1. The van der Waals surface area contributed by atoms with Gasteiger partial charge in [-0.3, -0.25) is 9.69 Å². The standard InChI is InChI=1S/C16H19N5O2/c1-10(2)21-14(22)16(19-15(21)23)6-7-20(9-16)13-5-4-11(3)12(8-17)18-13/h4-5,10H,6-7,9H2,1-3H3,(H,19,23). The van der Waals surface area contributed by atoms with E-state index in [4.69, 9.17) is 5.26 Å². The Balaban J connectivity index is 1.86. The summed E-state index contributed by atoms with van der Waals surface area (Å²) in [4.78, 5) is 32.4. The zero-order valence-electron chi connectivity index (χ0n) is 13.5. The van der Waals surface area contributed by atoms with Gasteiger partial charge < -0.3 is 10.2 Å². The average Bonchev–Trinajstić information content (AvgIpc) is 3.02. The van der Waals surface area contributed by atoms with Crippen molar-refractivity contribution in [3.05, 3.63) is 23.4 Å². The first kappa shape index (κ1) is 15.3. The zero-order valence-corrected chi connectivity index (χ0v) is 13.5. The average molecular weight is 313 g/mol. The number of pyridine rings is 1. The van der Waals surface area contributed by atoms with Crippen LogP contribution in [0.2, 0.25) is 0 Å². The van der Waals surface area contributed by atoms with Crippen molar-refractivity contribution in [3.63, 3.8) is 0 Å². The van der Waals surface area contributed by atoms with Crippen molar-refractivity contribution in [2.45, 2.75) is 38.8 Å². The lowest BCUT2D eigenvalue weighted by Crippen LogP contribution is -2.49. The van der Waals surface area contributed by atoms with Gasteiger partial charge in [-0.1, -0.05) is 6.07 Å². The minimum Gasteiger partial charge on any atom is -0.354 e. The second kappa shape index (κ2) is 5.23. The Morgan fingerprint density at radius 2 is 2.13 bits per heavy atom. The Hall–Kier alpha value is -2.62. The van der Waals surface area contributed by atoms with Gasteiger partial charge in [0.25, 0.3) is 5.91 Å². The number of aromatic nitrogens is 1.